The zero-order valence-corrected chi connectivity index (χ0v) is 11.0. The maximum Gasteiger partial charge on any atom is 0.315 e. The second-order valence-electron chi connectivity index (χ2n) is 4.80. The number of benzene rings is 1. The van der Waals surface area contributed by atoms with Gasteiger partial charge in [-0.1, -0.05) is 13.0 Å². The van der Waals surface area contributed by atoms with Crippen LogP contribution in [0, 0.1) is 0 Å². The number of fused-ring (bicyclic) bond motifs is 1. The van der Waals surface area contributed by atoms with Crippen molar-refractivity contribution in [1.82, 2.24) is 4.90 Å². The zero-order valence-electron chi connectivity index (χ0n) is 11.0. The van der Waals surface area contributed by atoms with Gasteiger partial charge in [-0.15, -0.1) is 0 Å². The molecule has 0 saturated carbocycles. The van der Waals surface area contributed by atoms with Crippen LogP contribution in [0.25, 0.3) is 0 Å². The van der Waals surface area contributed by atoms with Crippen LogP contribution in [-0.2, 0) is 11.2 Å². The molecule has 1 aliphatic rings. The van der Waals surface area contributed by atoms with Gasteiger partial charge in [0.15, 0.2) is 0 Å². The molecule has 0 spiro atoms. The van der Waals surface area contributed by atoms with E-state index in [2.05, 4.69) is 0 Å². The normalized spacial score (nSPS) is 19.0. The number of carbonyl (C=O) groups is 1. The van der Waals surface area contributed by atoms with Crippen molar-refractivity contribution in [2.45, 2.75) is 25.7 Å². The quantitative estimate of drug-likeness (QED) is 0.825. The number of hydrogen-bond acceptors (Lipinski definition) is 2. The number of ether oxygens (including phenoxy) is 1. The van der Waals surface area contributed by atoms with Gasteiger partial charge < -0.3 is 9.64 Å². The van der Waals surface area contributed by atoms with Crippen molar-refractivity contribution in [3.8, 4) is 5.75 Å². The van der Waals surface area contributed by atoms with Crippen LogP contribution in [0.2, 0.25) is 0 Å². The van der Waals surface area contributed by atoms with Crippen LogP contribution < -0.4 is 4.74 Å². The first-order valence-corrected chi connectivity index (χ1v) is 6.26. The Labute approximate surface area is 111 Å². The fourth-order valence-electron chi connectivity index (χ4n) is 2.50. The Morgan fingerprint density at radius 3 is 2.84 bits per heavy atom. The minimum Gasteiger partial charge on any atom is -0.497 e. The SMILES string of the molecule is COc1ccc2c(c1)[C@H](C)CN(C(=O)C(F)F)CC2. The first kappa shape index (κ1) is 13.8. The van der Waals surface area contributed by atoms with Crippen LogP contribution in [-0.4, -0.2) is 37.4 Å². The third-order valence-electron chi connectivity index (χ3n) is 3.53. The van der Waals surface area contributed by atoms with E-state index in [1.165, 1.54) is 4.90 Å². The Morgan fingerprint density at radius 1 is 1.47 bits per heavy atom. The maximum absolute atomic E-state index is 12.5. The van der Waals surface area contributed by atoms with Gasteiger partial charge in [-0.25, -0.2) is 0 Å². The van der Waals surface area contributed by atoms with Gasteiger partial charge in [-0.3, -0.25) is 4.79 Å². The summed E-state index contributed by atoms with van der Waals surface area (Å²) >= 11 is 0. The molecule has 0 fully saturated rings. The van der Waals surface area contributed by atoms with Crippen LogP contribution in [0.4, 0.5) is 8.78 Å². The van der Waals surface area contributed by atoms with E-state index in [0.717, 1.165) is 16.9 Å². The van der Waals surface area contributed by atoms with E-state index >= 15 is 0 Å². The van der Waals surface area contributed by atoms with Crippen molar-refractivity contribution in [1.29, 1.82) is 0 Å². The van der Waals surface area contributed by atoms with E-state index in [9.17, 15) is 13.6 Å². The topological polar surface area (TPSA) is 29.5 Å². The molecule has 1 aliphatic heterocycles. The molecule has 0 bridgehead atoms. The molecule has 0 saturated heterocycles. The third kappa shape index (κ3) is 2.85. The fraction of sp³-hybridized carbons (Fsp3) is 0.500. The number of alkyl halides is 2. The Kier molecular flexibility index (Phi) is 4.02. The number of halogens is 2. The molecule has 19 heavy (non-hydrogen) atoms. The Hall–Kier alpha value is -1.65. The van der Waals surface area contributed by atoms with Crippen molar-refractivity contribution < 1.29 is 18.3 Å². The lowest BCUT2D eigenvalue weighted by Crippen LogP contribution is -2.38. The first-order chi connectivity index (χ1) is 9.02. The van der Waals surface area contributed by atoms with Crippen molar-refractivity contribution in [2.75, 3.05) is 20.2 Å². The molecule has 1 aromatic rings. The molecule has 5 heteroatoms. The van der Waals surface area contributed by atoms with E-state index < -0.39 is 12.3 Å². The highest BCUT2D eigenvalue weighted by Gasteiger charge is 2.28. The summed E-state index contributed by atoms with van der Waals surface area (Å²) in [6.45, 7) is 2.60. The van der Waals surface area contributed by atoms with Gasteiger partial charge in [0.2, 0.25) is 0 Å². The average Bonchev–Trinajstić information content (AvgIpc) is 2.57. The van der Waals surface area contributed by atoms with Crippen LogP contribution in [0.1, 0.15) is 24.0 Å². The molecule has 1 atom stereocenters. The summed E-state index contributed by atoms with van der Waals surface area (Å²) in [5.74, 6) is -0.304. The summed E-state index contributed by atoms with van der Waals surface area (Å²) in [4.78, 5) is 12.7. The van der Waals surface area contributed by atoms with Gasteiger partial charge in [0.1, 0.15) is 5.75 Å². The molecule has 0 unspecified atom stereocenters. The fourth-order valence-corrected chi connectivity index (χ4v) is 2.50. The van der Waals surface area contributed by atoms with E-state index in [-0.39, 0.29) is 5.92 Å². The number of carbonyl (C=O) groups excluding carboxylic acids is 1. The van der Waals surface area contributed by atoms with E-state index in [1.54, 1.807) is 7.11 Å². The highest BCUT2D eigenvalue weighted by molar-refractivity contribution is 5.79. The van der Waals surface area contributed by atoms with Gasteiger partial charge in [0, 0.05) is 13.1 Å². The lowest BCUT2D eigenvalue weighted by atomic mass is 9.95. The molecular formula is C14H17F2NO2. The summed E-state index contributed by atoms with van der Waals surface area (Å²) < 4.78 is 30.2. The van der Waals surface area contributed by atoms with E-state index in [0.29, 0.717) is 19.5 Å². The average molecular weight is 269 g/mol. The van der Waals surface area contributed by atoms with Gasteiger partial charge in [0.25, 0.3) is 5.91 Å². The predicted molar refractivity (Wildman–Crippen MR) is 67.7 cm³/mol. The van der Waals surface area contributed by atoms with Gasteiger partial charge in [0.05, 0.1) is 7.11 Å². The molecule has 0 aliphatic carbocycles. The Balaban J connectivity index is 2.24. The molecule has 1 aromatic carbocycles. The molecular weight excluding hydrogens is 252 g/mol. The molecule has 104 valence electrons. The van der Waals surface area contributed by atoms with Crippen molar-refractivity contribution >= 4 is 5.91 Å². The van der Waals surface area contributed by atoms with Gasteiger partial charge in [-0.2, -0.15) is 8.78 Å². The number of amides is 1. The maximum atomic E-state index is 12.5. The molecule has 0 radical (unpaired) electrons. The second kappa shape index (κ2) is 5.55. The van der Waals surface area contributed by atoms with Crippen molar-refractivity contribution in [3.63, 3.8) is 0 Å². The largest absolute Gasteiger partial charge is 0.497 e. The number of hydrogen-bond donors (Lipinski definition) is 0. The lowest BCUT2D eigenvalue weighted by Gasteiger charge is -2.22. The molecule has 3 nitrogen and oxygen atoms in total. The predicted octanol–water partition coefficient (Wildman–Crippen LogP) is 2.45. The standard InChI is InChI=1S/C14H17F2NO2/c1-9-8-17(14(18)13(15)16)6-5-10-3-4-11(19-2)7-12(9)10/h3-4,7,9,13H,5-6,8H2,1-2H3/t9-/m1/s1. The minimum atomic E-state index is -2.93. The molecule has 2 rings (SSSR count). The summed E-state index contributed by atoms with van der Waals surface area (Å²) in [6, 6.07) is 5.73. The van der Waals surface area contributed by atoms with Crippen molar-refractivity contribution in [3.05, 3.63) is 29.3 Å². The highest BCUT2D eigenvalue weighted by Crippen LogP contribution is 2.29. The van der Waals surface area contributed by atoms with Crippen molar-refractivity contribution in [2.24, 2.45) is 0 Å². The molecule has 0 aromatic heterocycles. The molecule has 1 amide bonds. The minimum absolute atomic E-state index is 0.0234. The van der Waals surface area contributed by atoms with Crippen LogP contribution in [0.15, 0.2) is 18.2 Å². The zero-order chi connectivity index (χ0) is 14.0. The summed E-state index contributed by atoms with van der Waals surface area (Å²) in [7, 11) is 1.59. The van der Waals surface area contributed by atoms with Gasteiger partial charge >= 0.3 is 6.43 Å². The Morgan fingerprint density at radius 2 is 2.21 bits per heavy atom. The first-order valence-electron chi connectivity index (χ1n) is 6.26. The number of methoxy groups -OCH3 is 1. The number of rotatable bonds is 2. The van der Waals surface area contributed by atoms with Crippen LogP contribution in [0.5, 0.6) is 5.75 Å². The molecule has 0 N–H and O–H groups in total. The highest BCUT2D eigenvalue weighted by atomic mass is 19.3. The monoisotopic (exact) mass is 269 g/mol. The number of nitrogens with zero attached hydrogens (tertiary/aromatic N) is 1. The van der Waals surface area contributed by atoms with Crippen LogP contribution in [0.3, 0.4) is 0 Å². The van der Waals surface area contributed by atoms with E-state index in [1.807, 2.05) is 25.1 Å². The summed E-state index contributed by atoms with van der Waals surface area (Å²) in [5.41, 5.74) is 2.17. The smallest absolute Gasteiger partial charge is 0.315 e. The molecule has 1 heterocycles. The lowest BCUT2D eigenvalue weighted by molar-refractivity contribution is -0.142. The summed E-state index contributed by atoms with van der Waals surface area (Å²) in [6.07, 6.45) is -2.33. The third-order valence-corrected chi connectivity index (χ3v) is 3.53. The van der Waals surface area contributed by atoms with Crippen LogP contribution >= 0.6 is 0 Å². The second-order valence-corrected chi connectivity index (χ2v) is 4.80. The van der Waals surface area contributed by atoms with E-state index in [4.69, 9.17) is 4.74 Å². The van der Waals surface area contributed by atoms with Gasteiger partial charge in [-0.05, 0) is 35.6 Å². The Bertz CT molecular complexity index is 477. The summed E-state index contributed by atoms with van der Waals surface area (Å²) in [5, 5.41) is 0.